The molecule has 1 fully saturated rings. The van der Waals surface area contributed by atoms with Crippen molar-refractivity contribution in [2.24, 2.45) is 0 Å². The molecule has 1 saturated heterocycles. The highest BCUT2D eigenvalue weighted by atomic mass is 16.7. The zero-order valence-corrected chi connectivity index (χ0v) is 24.0. The highest BCUT2D eigenvalue weighted by Crippen LogP contribution is 2.28. The first-order valence-corrected chi connectivity index (χ1v) is 14.3. The van der Waals surface area contributed by atoms with E-state index in [0.717, 1.165) is 51.0 Å². The third kappa shape index (κ3) is 10.1. The van der Waals surface area contributed by atoms with Crippen molar-refractivity contribution in [3.63, 3.8) is 0 Å². The molecule has 0 aromatic heterocycles. The molecule has 0 amide bonds. The van der Waals surface area contributed by atoms with Crippen LogP contribution in [0, 0.1) is 0 Å². The number of hydrogen-bond donors (Lipinski definition) is 0. The second kappa shape index (κ2) is 16.3. The fraction of sp³-hybridized carbons (Fsp3) is 0.424. The third-order valence-corrected chi connectivity index (χ3v) is 6.64. The molecule has 0 aliphatic carbocycles. The van der Waals surface area contributed by atoms with Crippen LogP contribution in [-0.4, -0.2) is 36.4 Å². The smallest absolute Gasteiger partial charge is 0.343 e. The zero-order valence-electron chi connectivity index (χ0n) is 24.0. The second-order valence-corrected chi connectivity index (χ2v) is 9.97. The number of cyclic esters (lactones) is 1. The summed E-state index contributed by atoms with van der Waals surface area (Å²) in [5.74, 6) is -0.0583. The second-order valence-electron chi connectivity index (χ2n) is 9.97. The molecule has 0 spiro atoms. The van der Waals surface area contributed by atoms with Crippen molar-refractivity contribution in [3.05, 3.63) is 78.9 Å². The van der Waals surface area contributed by atoms with Gasteiger partial charge in [0.2, 0.25) is 6.29 Å². The number of rotatable bonds is 17. The van der Waals surface area contributed by atoms with Gasteiger partial charge in [-0.1, -0.05) is 52.7 Å². The van der Waals surface area contributed by atoms with E-state index in [1.807, 2.05) is 6.92 Å². The van der Waals surface area contributed by atoms with E-state index in [1.54, 1.807) is 48.5 Å². The van der Waals surface area contributed by atoms with E-state index in [2.05, 4.69) is 20.1 Å². The van der Waals surface area contributed by atoms with Gasteiger partial charge >= 0.3 is 17.9 Å². The maximum Gasteiger partial charge on any atom is 0.343 e. The van der Waals surface area contributed by atoms with Crippen LogP contribution >= 0.6 is 0 Å². The first-order chi connectivity index (χ1) is 19.8. The standard InChI is InChI=1S/C33H40O8/c1-5-8-10-11-12-28(29-22-23(4)32(35)40-29)37-25-16-14-24(15-17-25)33(36)39-27-20-18-26(19-21-27)38-31(13-9-6-2)41-30(34)7-3/h7,14-21,28-29,31H,3-6,8-13,22H2,1-2H3. The van der Waals surface area contributed by atoms with Gasteiger partial charge < -0.3 is 23.7 Å². The number of ether oxygens (including phenoxy) is 5. The summed E-state index contributed by atoms with van der Waals surface area (Å²) in [6.45, 7) is 11.4. The van der Waals surface area contributed by atoms with Crippen LogP contribution in [-0.2, 0) is 19.1 Å². The van der Waals surface area contributed by atoms with Crippen molar-refractivity contribution in [1.82, 2.24) is 0 Å². The number of benzene rings is 2. The van der Waals surface area contributed by atoms with Gasteiger partial charge in [-0.25, -0.2) is 14.4 Å². The maximum atomic E-state index is 12.7. The number of carbonyl (C=O) groups excluding carboxylic acids is 3. The van der Waals surface area contributed by atoms with Crippen LogP contribution in [0.15, 0.2) is 73.3 Å². The van der Waals surface area contributed by atoms with Crippen LogP contribution < -0.4 is 14.2 Å². The number of carbonyl (C=O) groups is 3. The van der Waals surface area contributed by atoms with E-state index in [9.17, 15) is 14.4 Å². The monoisotopic (exact) mass is 564 g/mol. The Balaban J connectivity index is 1.57. The lowest BCUT2D eigenvalue weighted by atomic mass is 10.0. The van der Waals surface area contributed by atoms with E-state index in [1.165, 1.54) is 0 Å². The molecule has 220 valence electrons. The molecular formula is C33H40O8. The van der Waals surface area contributed by atoms with Crippen LogP contribution in [0.3, 0.4) is 0 Å². The van der Waals surface area contributed by atoms with Crippen LogP contribution in [0.25, 0.3) is 0 Å². The highest BCUT2D eigenvalue weighted by Gasteiger charge is 2.35. The largest absolute Gasteiger partial charge is 0.487 e. The molecule has 8 heteroatoms. The number of unbranched alkanes of at least 4 members (excludes halogenated alkanes) is 4. The molecule has 0 saturated carbocycles. The summed E-state index contributed by atoms with van der Waals surface area (Å²) in [4.78, 5) is 36.2. The fourth-order valence-electron chi connectivity index (χ4n) is 4.33. The van der Waals surface area contributed by atoms with E-state index >= 15 is 0 Å². The molecule has 0 N–H and O–H groups in total. The van der Waals surface area contributed by atoms with Gasteiger partial charge in [-0.05, 0) is 67.8 Å². The van der Waals surface area contributed by atoms with Crippen LogP contribution in [0.5, 0.6) is 17.2 Å². The van der Waals surface area contributed by atoms with Gasteiger partial charge in [0.25, 0.3) is 0 Å². The first kappa shape index (κ1) is 31.5. The summed E-state index contributed by atoms with van der Waals surface area (Å²) < 4.78 is 28.2. The molecule has 2 aromatic rings. The van der Waals surface area contributed by atoms with Crippen LogP contribution in [0.4, 0.5) is 0 Å². The molecule has 2 aromatic carbocycles. The molecule has 8 nitrogen and oxygen atoms in total. The highest BCUT2D eigenvalue weighted by molar-refractivity contribution is 5.91. The maximum absolute atomic E-state index is 12.7. The Morgan fingerprint density at radius 2 is 1.54 bits per heavy atom. The molecular weight excluding hydrogens is 524 g/mol. The van der Waals surface area contributed by atoms with E-state index < -0.39 is 18.2 Å². The first-order valence-electron chi connectivity index (χ1n) is 14.3. The fourth-order valence-corrected chi connectivity index (χ4v) is 4.33. The van der Waals surface area contributed by atoms with Crippen molar-refractivity contribution in [2.45, 2.75) is 90.1 Å². The van der Waals surface area contributed by atoms with Gasteiger partial charge in [0.05, 0.1) is 5.56 Å². The molecule has 1 aliphatic heterocycles. The predicted molar refractivity (Wildman–Crippen MR) is 155 cm³/mol. The Hall–Kier alpha value is -4.07. The molecule has 1 aliphatic rings. The zero-order chi connectivity index (χ0) is 29.6. The summed E-state index contributed by atoms with van der Waals surface area (Å²) in [6.07, 6.45) is 7.53. The average Bonchev–Trinajstić information content (AvgIpc) is 3.32. The van der Waals surface area contributed by atoms with Gasteiger partial charge in [0.15, 0.2) is 0 Å². The van der Waals surface area contributed by atoms with Crippen molar-refractivity contribution in [2.75, 3.05) is 0 Å². The minimum atomic E-state index is -0.731. The Morgan fingerprint density at radius 1 is 0.902 bits per heavy atom. The Bertz CT molecular complexity index is 1150. The minimum absolute atomic E-state index is 0.296. The lowest BCUT2D eigenvalue weighted by molar-refractivity contribution is -0.158. The van der Waals surface area contributed by atoms with Crippen molar-refractivity contribution in [1.29, 1.82) is 0 Å². The molecule has 41 heavy (non-hydrogen) atoms. The normalized spacial score (nSPS) is 15.9. The van der Waals surface area contributed by atoms with Gasteiger partial charge in [0.1, 0.15) is 29.5 Å². The van der Waals surface area contributed by atoms with E-state index in [4.69, 9.17) is 23.7 Å². The Morgan fingerprint density at radius 3 is 2.15 bits per heavy atom. The lowest BCUT2D eigenvalue weighted by Crippen LogP contribution is -2.31. The summed E-state index contributed by atoms with van der Waals surface area (Å²) in [5, 5.41) is 0. The van der Waals surface area contributed by atoms with Gasteiger partial charge in [-0.15, -0.1) is 0 Å². The summed E-state index contributed by atoms with van der Waals surface area (Å²) >= 11 is 0. The van der Waals surface area contributed by atoms with Crippen molar-refractivity contribution >= 4 is 17.9 Å². The van der Waals surface area contributed by atoms with Crippen LogP contribution in [0.2, 0.25) is 0 Å². The summed E-state index contributed by atoms with van der Waals surface area (Å²) in [7, 11) is 0. The Labute approximate surface area is 242 Å². The minimum Gasteiger partial charge on any atom is -0.487 e. The lowest BCUT2D eigenvalue weighted by Gasteiger charge is -2.24. The Kier molecular flexibility index (Phi) is 12.5. The molecule has 0 radical (unpaired) electrons. The average molecular weight is 565 g/mol. The predicted octanol–water partition coefficient (Wildman–Crippen LogP) is 7.12. The van der Waals surface area contributed by atoms with E-state index in [0.29, 0.717) is 41.2 Å². The number of hydrogen-bond acceptors (Lipinski definition) is 8. The van der Waals surface area contributed by atoms with Crippen LogP contribution in [0.1, 0.15) is 82.0 Å². The van der Waals surface area contributed by atoms with Gasteiger partial charge in [-0.3, -0.25) is 0 Å². The molecule has 3 unspecified atom stereocenters. The topological polar surface area (TPSA) is 97.4 Å². The quantitative estimate of drug-likeness (QED) is 0.0659. The van der Waals surface area contributed by atoms with E-state index in [-0.39, 0.29) is 18.2 Å². The number of esters is 3. The van der Waals surface area contributed by atoms with Crippen molar-refractivity contribution < 1.29 is 38.1 Å². The van der Waals surface area contributed by atoms with Crippen molar-refractivity contribution in [3.8, 4) is 17.2 Å². The third-order valence-electron chi connectivity index (χ3n) is 6.64. The van der Waals surface area contributed by atoms with Gasteiger partial charge in [0, 0.05) is 24.5 Å². The summed E-state index contributed by atoms with van der Waals surface area (Å²) in [5.41, 5.74) is 0.816. The molecule has 0 bridgehead atoms. The SMILES string of the molecule is C=CC(=O)OC(CCCC)Oc1ccc(OC(=O)c2ccc(OC(CCCCCC)C3CC(=C)C(=O)O3)cc2)cc1. The molecule has 1 heterocycles. The molecule has 3 rings (SSSR count). The molecule has 3 atom stereocenters. The van der Waals surface area contributed by atoms with Gasteiger partial charge in [-0.2, -0.15) is 0 Å². The summed E-state index contributed by atoms with van der Waals surface area (Å²) in [6, 6.07) is 13.2.